The van der Waals surface area contributed by atoms with E-state index in [0.29, 0.717) is 19.4 Å². The van der Waals surface area contributed by atoms with E-state index in [1.54, 1.807) is 0 Å². The lowest BCUT2D eigenvalue weighted by Gasteiger charge is -2.32. The van der Waals surface area contributed by atoms with Gasteiger partial charge in [0.1, 0.15) is 5.82 Å². The fraction of sp³-hybridized carbons (Fsp3) is 0.444. The maximum atomic E-state index is 12.7. The highest BCUT2D eigenvalue weighted by atomic mass is 35.5. The second-order valence-corrected chi connectivity index (χ2v) is 10.6. The standard InChI is InChI=1S/C27H34ClN5OS/c1-20(2)33(27-30-25(31-35-27)18-21-8-10-23(28)11-9-21)17-14-26(34)29-24-12-15-32(16-13-24)19-22-6-4-3-5-7-22/h3-11,20,24H,12-19H2,1-2H3,(H,29,34). The van der Waals surface area contributed by atoms with E-state index < -0.39 is 0 Å². The zero-order chi connectivity index (χ0) is 24.6. The van der Waals surface area contributed by atoms with E-state index in [2.05, 4.69) is 63.7 Å². The van der Waals surface area contributed by atoms with Crippen molar-refractivity contribution in [2.75, 3.05) is 24.5 Å². The molecule has 1 saturated heterocycles. The highest BCUT2D eigenvalue weighted by Crippen LogP contribution is 2.22. The summed E-state index contributed by atoms with van der Waals surface area (Å²) >= 11 is 7.38. The number of hydrogen-bond acceptors (Lipinski definition) is 6. The van der Waals surface area contributed by atoms with E-state index in [9.17, 15) is 4.79 Å². The van der Waals surface area contributed by atoms with Gasteiger partial charge in [0, 0.05) is 67.7 Å². The molecule has 6 nitrogen and oxygen atoms in total. The number of likely N-dealkylation sites (tertiary alicyclic amines) is 1. The molecule has 2 heterocycles. The summed E-state index contributed by atoms with van der Waals surface area (Å²) in [5.41, 5.74) is 2.47. The van der Waals surface area contributed by atoms with Crippen LogP contribution in [0.1, 0.15) is 50.1 Å². The lowest BCUT2D eigenvalue weighted by Crippen LogP contribution is -2.45. The SMILES string of the molecule is CC(C)N(CCC(=O)NC1CCN(Cc2ccccc2)CC1)c1nc(Cc2ccc(Cl)cc2)ns1. The highest BCUT2D eigenvalue weighted by molar-refractivity contribution is 7.09. The Morgan fingerprint density at radius 3 is 2.51 bits per heavy atom. The van der Waals surface area contributed by atoms with Gasteiger partial charge in [-0.1, -0.05) is 54.1 Å². The molecule has 1 N–H and O–H groups in total. The van der Waals surface area contributed by atoms with Gasteiger partial charge in [0.2, 0.25) is 11.0 Å². The monoisotopic (exact) mass is 511 g/mol. The molecule has 186 valence electrons. The largest absolute Gasteiger partial charge is 0.353 e. The zero-order valence-corrected chi connectivity index (χ0v) is 22.1. The van der Waals surface area contributed by atoms with Gasteiger partial charge >= 0.3 is 0 Å². The Morgan fingerprint density at radius 2 is 1.83 bits per heavy atom. The lowest BCUT2D eigenvalue weighted by atomic mass is 10.0. The number of carbonyl (C=O) groups excluding carboxylic acids is 1. The molecule has 0 spiro atoms. The molecular formula is C27H34ClN5OS. The second-order valence-electron chi connectivity index (χ2n) is 9.44. The van der Waals surface area contributed by atoms with Crippen molar-refractivity contribution < 1.29 is 4.79 Å². The summed E-state index contributed by atoms with van der Waals surface area (Å²) in [6, 6.07) is 18.8. The van der Waals surface area contributed by atoms with Crippen LogP contribution >= 0.6 is 23.1 Å². The number of nitrogens with zero attached hydrogens (tertiary/aromatic N) is 4. The zero-order valence-electron chi connectivity index (χ0n) is 20.5. The molecule has 2 aromatic carbocycles. The van der Waals surface area contributed by atoms with Crippen LogP contribution in [0.25, 0.3) is 0 Å². The maximum Gasteiger partial charge on any atom is 0.221 e. The van der Waals surface area contributed by atoms with Gasteiger partial charge in [-0.3, -0.25) is 9.69 Å². The van der Waals surface area contributed by atoms with Crippen LogP contribution in [0.15, 0.2) is 54.6 Å². The molecule has 0 atom stereocenters. The van der Waals surface area contributed by atoms with E-state index in [1.165, 1.54) is 17.1 Å². The minimum Gasteiger partial charge on any atom is -0.353 e. The number of carbonyl (C=O) groups is 1. The summed E-state index contributed by atoms with van der Waals surface area (Å²) in [6.07, 6.45) is 3.12. The van der Waals surface area contributed by atoms with E-state index in [-0.39, 0.29) is 18.0 Å². The molecule has 0 radical (unpaired) electrons. The van der Waals surface area contributed by atoms with Gasteiger partial charge in [0.15, 0.2) is 0 Å². The van der Waals surface area contributed by atoms with Crippen LogP contribution < -0.4 is 10.2 Å². The van der Waals surface area contributed by atoms with Crippen LogP contribution in [0, 0.1) is 0 Å². The summed E-state index contributed by atoms with van der Waals surface area (Å²) in [7, 11) is 0. The predicted molar refractivity (Wildman–Crippen MR) is 144 cm³/mol. The Hall–Kier alpha value is -2.48. The third kappa shape index (κ3) is 7.75. The van der Waals surface area contributed by atoms with Crippen molar-refractivity contribution in [2.45, 2.75) is 58.2 Å². The van der Waals surface area contributed by atoms with Gasteiger partial charge in [0.05, 0.1) is 0 Å². The average Bonchev–Trinajstić information content (AvgIpc) is 3.30. The van der Waals surface area contributed by atoms with Crippen LogP contribution in [0.2, 0.25) is 5.02 Å². The molecule has 1 aromatic heterocycles. The first-order valence-electron chi connectivity index (χ1n) is 12.4. The van der Waals surface area contributed by atoms with Crippen molar-refractivity contribution >= 4 is 34.2 Å². The number of benzene rings is 2. The fourth-order valence-corrected chi connectivity index (χ4v) is 5.36. The normalized spacial score (nSPS) is 14.9. The molecule has 1 aliphatic heterocycles. The van der Waals surface area contributed by atoms with Crippen LogP contribution in [0.4, 0.5) is 5.13 Å². The van der Waals surface area contributed by atoms with Crippen molar-refractivity contribution in [1.29, 1.82) is 0 Å². The molecule has 0 aliphatic carbocycles. The Balaban J connectivity index is 1.23. The number of hydrogen-bond donors (Lipinski definition) is 1. The summed E-state index contributed by atoms with van der Waals surface area (Å²) in [5.74, 6) is 0.910. The van der Waals surface area contributed by atoms with Gasteiger partial charge < -0.3 is 10.2 Å². The third-order valence-electron chi connectivity index (χ3n) is 6.38. The number of rotatable bonds is 10. The van der Waals surface area contributed by atoms with E-state index in [0.717, 1.165) is 54.0 Å². The van der Waals surface area contributed by atoms with Crippen molar-refractivity contribution in [1.82, 2.24) is 19.6 Å². The van der Waals surface area contributed by atoms with Gasteiger partial charge in [-0.05, 0) is 49.9 Å². The smallest absolute Gasteiger partial charge is 0.221 e. The van der Waals surface area contributed by atoms with Crippen molar-refractivity contribution in [3.8, 4) is 0 Å². The molecule has 3 aromatic rings. The first-order valence-corrected chi connectivity index (χ1v) is 13.5. The number of anilines is 1. The molecule has 0 unspecified atom stereocenters. The second kappa shape index (κ2) is 12.5. The number of amides is 1. The molecule has 35 heavy (non-hydrogen) atoms. The van der Waals surface area contributed by atoms with Gasteiger partial charge in [-0.25, -0.2) is 4.98 Å². The number of aromatic nitrogens is 2. The topological polar surface area (TPSA) is 61.4 Å². The molecular weight excluding hydrogens is 478 g/mol. The van der Waals surface area contributed by atoms with Crippen LogP contribution in [-0.2, 0) is 17.8 Å². The van der Waals surface area contributed by atoms with Crippen LogP contribution in [-0.4, -0.2) is 51.9 Å². The molecule has 0 bridgehead atoms. The maximum absolute atomic E-state index is 12.7. The van der Waals surface area contributed by atoms with E-state index >= 15 is 0 Å². The first-order chi connectivity index (χ1) is 17.0. The summed E-state index contributed by atoms with van der Waals surface area (Å²) in [6.45, 7) is 7.89. The van der Waals surface area contributed by atoms with Gasteiger partial charge in [-0.2, -0.15) is 4.37 Å². The lowest BCUT2D eigenvalue weighted by molar-refractivity contribution is -0.121. The first kappa shape index (κ1) is 25.6. The Labute approximate surface area is 217 Å². The average molecular weight is 512 g/mol. The van der Waals surface area contributed by atoms with Crippen molar-refractivity contribution in [3.05, 3.63) is 76.6 Å². The Bertz CT molecular complexity index is 1060. The summed E-state index contributed by atoms with van der Waals surface area (Å²) in [5, 5.41) is 4.85. The number of piperidine rings is 1. The fourth-order valence-electron chi connectivity index (χ4n) is 4.39. The quantitative estimate of drug-likeness (QED) is 0.407. The van der Waals surface area contributed by atoms with Crippen LogP contribution in [0.5, 0.6) is 0 Å². The van der Waals surface area contributed by atoms with Gasteiger partial charge in [-0.15, -0.1) is 0 Å². The summed E-state index contributed by atoms with van der Waals surface area (Å²) < 4.78 is 4.55. The molecule has 0 saturated carbocycles. The highest BCUT2D eigenvalue weighted by Gasteiger charge is 2.22. The minimum atomic E-state index is 0.114. The van der Waals surface area contributed by atoms with Crippen LogP contribution in [0.3, 0.4) is 0 Å². The van der Waals surface area contributed by atoms with Gasteiger partial charge in [0.25, 0.3) is 0 Å². The van der Waals surface area contributed by atoms with Crippen molar-refractivity contribution in [2.24, 2.45) is 0 Å². The third-order valence-corrected chi connectivity index (χ3v) is 7.43. The van der Waals surface area contributed by atoms with E-state index in [4.69, 9.17) is 16.6 Å². The Kier molecular flexibility index (Phi) is 9.12. The molecule has 1 aliphatic rings. The Morgan fingerprint density at radius 1 is 1.11 bits per heavy atom. The predicted octanol–water partition coefficient (Wildman–Crippen LogP) is 5.17. The molecule has 8 heteroatoms. The number of nitrogens with one attached hydrogen (secondary N) is 1. The van der Waals surface area contributed by atoms with E-state index in [1.807, 2.05) is 24.3 Å². The number of halogens is 1. The molecule has 1 amide bonds. The summed E-state index contributed by atoms with van der Waals surface area (Å²) in [4.78, 5) is 22.1. The molecule has 1 fully saturated rings. The van der Waals surface area contributed by atoms with Crippen molar-refractivity contribution in [3.63, 3.8) is 0 Å². The molecule has 4 rings (SSSR count). The minimum absolute atomic E-state index is 0.114.